The lowest BCUT2D eigenvalue weighted by atomic mass is 10.3. The van der Waals surface area contributed by atoms with E-state index in [0.717, 1.165) is 5.69 Å². The molecule has 126 valence electrons. The highest BCUT2D eigenvalue weighted by Crippen LogP contribution is 2.31. The average Bonchev–Trinajstić information content (AvgIpc) is 2.98. The van der Waals surface area contributed by atoms with Crippen molar-refractivity contribution in [2.45, 2.75) is 22.9 Å². The van der Waals surface area contributed by atoms with E-state index in [2.05, 4.69) is 15.5 Å². The minimum absolute atomic E-state index is 0.0326. The molecular weight excluding hydrogens is 366 g/mol. The molecule has 1 amide bonds. The lowest BCUT2D eigenvalue weighted by Gasteiger charge is -2.18. The first kappa shape index (κ1) is 18.5. The van der Waals surface area contributed by atoms with Crippen LogP contribution in [0.3, 0.4) is 0 Å². The third kappa shape index (κ3) is 5.37. The maximum absolute atomic E-state index is 12.2. The van der Waals surface area contributed by atoms with Crippen LogP contribution in [0.15, 0.2) is 28.6 Å². The molecule has 9 heteroatoms. The second-order valence-electron chi connectivity index (χ2n) is 4.94. The van der Waals surface area contributed by atoms with E-state index in [0.29, 0.717) is 27.5 Å². The van der Waals surface area contributed by atoms with Crippen molar-refractivity contribution in [3.63, 3.8) is 0 Å². The van der Waals surface area contributed by atoms with Gasteiger partial charge in [0.15, 0.2) is 4.34 Å². The number of amides is 1. The number of benzene rings is 1. The van der Waals surface area contributed by atoms with Crippen molar-refractivity contribution in [1.82, 2.24) is 15.1 Å². The molecular formula is C15H16ClN5OS2. The summed E-state index contributed by atoms with van der Waals surface area (Å²) in [4.78, 5) is 13.8. The largest absolute Gasteiger partial charge is 0.344 e. The monoisotopic (exact) mass is 381 g/mol. The number of nitriles is 1. The van der Waals surface area contributed by atoms with Crippen molar-refractivity contribution in [2.75, 3.05) is 18.9 Å². The zero-order chi connectivity index (χ0) is 17.5. The van der Waals surface area contributed by atoms with Gasteiger partial charge < -0.3 is 10.2 Å². The fraction of sp³-hybridized carbons (Fsp3) is 0.333. The van der Waals surface area contributed by atoms with Gasteiger partial charge in [-0.15, -0.1) is 10.2 Å². The molecule has 1 atom stereocenters. The fourth-order valence-corrected chi connectivity index (χ4v) is 4.06. The molecule has 1 aromatic carbocycles. The Morgan fingerprint density at radius 2 is 2.33 bits per heavy atom. The van der Waals surface area contributed by atoms with Gasteiger partial charge in [-0.3, -0.25) is 4.79 Å². The minimum Gasteiger partial charge on any atom is -0.344 e. The van der Waals surface area contributed by atoms with Crippen LogP contribution in [0.5, 0.6) is 0 Å². The first-order valence-electron chi connectivity index (χ1n) is 7.14. The molecule has 0 aliphatic heterocycles. The summed E-state index contributed by atoms with van der Waals surface area (Å²) in [5.74, 6) is -0.0326. The Hall–Kier alpha value is -1.82. The second kappa shape index (κ2) is 8.87. The van der Waals surface area contributed by atoms with Gasteiger partial charge >= 0.3 is 0 Å². The summed E-state index contributed by atoms with van der Waals surface area (Å²) in [5, 5.41) is 20.9. The molecule has 1 aromatic heterocycles. The molecule has 1 heterocycles. The number of hydrogen-bond donors (Lipinski definition) is 1. The van der Waals surface area contributed by atoms with E-state index < -0.39 is 0 Å². The standard InChI is InChI=1S/C15H16ClN5OS2/c1-10(13(22)21(2)8-4-7-17)23-15-20-19-14(24-15)18-12-6-3-5-11(16)9-12/h3,5-6,9-10H,4,8H2,1-2H3,(H,18,19)/t10-/m1/s1. The topological polar surface area (TPSA) is 81.9 Å². The zero-order valence-corrected chi connectivity index (χ0v) is 15.6. The van der Waals surface area contributed by atoms with E-state index in [4.69, 9.17) is 16.9 Å². The van der Waals surface area contributed by atoms with Gasteiger partial charge in [-0.1, -0.05) is 40.8 Å². The average molecular weight is 382 g/mol. The van der Waals surface area contributed by atoms with Crippen molar-refractivity contribution >= 4 is 51.4 Å². The predicted molar refractivity (Wildman–Crippen MR) is 97.8 cm³/mol. The van der Waals surface area contributed by atoms with Crippen molar-refractivity contribution in [3.05, 3.63) is 29.3 Å². The zero-order valence-electron chi connectivity index (χ0n) is 13.2. The van der Waals surface area contributed by atoms with E-state index in [1.165, 1.54) is 23.1 Å². The van der Waals surface area contributed by atoms with Gasteiger partial charge in [0.05, 0.1) is 17.7 Å². The number of halogens is 1. The highest BCUT2D eigenvalue weighted by molar-refractivity contribution is 8.02. The number of rotatable bonds is 7. The Balaban J connectivity index is 1.93. The van der Waals surface area contributed by atoms with Crippen LogP contribution in [0, 0.1) is 11.3 Å². The van der Waals surface area contributed by atoms with Crippen LogP contribution >= 0.6 is 34.7 Å². The molecule has 24 heavy (non-hydrogen) atoms. The molecule has 2 rings (SSSR count). The summed E-state index contributed by atoms with van der Waals surface area (Å²) in [6.07, 6.45) is 0.326. The second-order valence-corrected chi connectivity index (χ2v) is 7.94. The van der Waals surface area contributed by atoms with Crippen LogP contribution < -0.4 is 5.32 Å². The number of aromatic nitrogens is 2. The van der Waals surface area contributed by atoms with Gasteiger partial charge in [0.2, 0.25) is 11.0 Å². The highest BCUT2D eigenvalue weighted by Gasteiger charge is 2.20. The van der Waals surface area contributed by atoms with E-state index in [9.17, 15) is 4.79 Å². The number of nitrogens with zero attached hydrogens (tertiary/aromatic N) is 4. The van der Waals surface area contributed by atoms with E-state index in [-0.39, 0.29) is 11.2 Å². The molecule has 0 saturated heterocycles. The molecule has 0 aliphatic rings. The van der Waals surface area contributed by atoms with E-state index >= 15 is 0 Å². The molecule has 6 nitrogen and oxygen atoms in total. The third-order valence-electron chi connectivity index (χ3n) is 3.04. The molecule has 0 bridgehead atoms. The Kier molecular flexibility index (Phi) is 6.85. The molecule has 2 aromatic rings. The molecule has 0 saturated carbocycles. The van der Waals surface area contributed by atoms with Crippen LogP contribution in [0.4, 0.5) is 10.8 Å². The number of thioether (sulfide) groups is 1. The summed E-state index contributed by atoms with van der Waals surface area (Å²) >= 11 is 8.67. The summed E-state index contributed by atoms with van der Waals surface area (Å²) in [6.45, 7) is 2.25. The molecule has 0 aliphatic carbocycles. The Bertz CT molecular complexity index is 745. The van der Waals surface area contributed by atoms with Crippen molar-refractivity contribution in [3.8, 4) is 6.07 Å². The van der Waals surface area contributed by atoms with Gasteiger partial charge in [0, 0.05) is 24.3 Å². The molecule has 0 radical (unpaired) electrons. The third-order valence-corrected chi connectivity index (χ3v) is 5.29. The van der Waals surface area contributed by atoms with Gasteiger partial charge in [-0.05, 0) is 25.1 Å². The van der Waals surface area contributed by atoms with Crippen molar-refractivity contribution in [2.24, 2.45) is 0 Å². The van der Waals surface area contributed by atoms with Crippen molar-refractivity contribution < 1.29 is 4.79 Å². The molecule has 0 fully saturated rings. The number of anilines is 2. The van der Waals surface area contributed by atoms with Gasteiger partial charge in [0.25, 0.3) is 0 Å². The number of hydrogen-bond acceptors (Lipinski definition) is 7. The quantitative estimate of drug-likeness (QED) is 0.735. The van der Waals surface area contributed by atoms with Gasteiger partial charge in [0.1, 0.15) is 0 Å². The Morgan fingerprint density at radius 1 is 1.54 bits per heavy atom. The first-order chi connectivity index (χ1) is 11.5. The highest BCUT2D eigenvalue weighted by atomic mass is 35.5. The van der Waals surface area contributed by atoms with Crippen LogP contribution in [0.2, 0.25) is 5.02 Å². The minimum atomic E-state index is -0.291. The van der Waals surface area contributed by atoms with Crippen LogP contribution in [0.25, 0.3) is 0 Å². The molecule has 0 spiro atoms. The SMILES string of the molecule is C[C@@H](Sc1nnc(Nc2cccc(Cl)c2)s1)C(=O)N(C)CCC#N. The van der Waals surface area contributed by atoms with Gasteiger partial charge in [-0.2, -0.15) is 5.26 Å². The van der Waals surface area contributed by atoms with E-state index in [1.54, 1.807) is 24.1 Å². The van der Waals surface area contributed by atoms with Crippen LogP contribution in [0.1, 0.15) is 13.3 Å². The number of carbonyl (C=O) groups is 1. The van der Waals surface area contributed by atoms with Crippen LogP contribution in [-0.2, 0) is 4.79 Å². The summed E-state index contributed by atoms with van der Waals surface area (Å²) in [5.41, 5.74) is 0.829. The Labute approximate surface area is 153 Å². The van der Waals surface area contributed by atoms with E-state index in [1.807, 2.05) is 25.1 Å². The smallest absolute Gasteiger partial charge is 0.235 e. The van der Waals surface area contributed by atoms with Crippen LogP contribution in [-0.4, -0.2) is 39.8 Å². The molecule has 1 N–H and O–H groups in total. The predicted octanol–water partition coefficient (Wildman–Crippen LogP) is 3.79. The maximum atomic E-state index is 12.2. The Morgan fingerprint density at radius 3 is 3.04 bits per heavy atom. The lowest BCUT2D eigenvalue weighted by Crippen LogP contribution is -2.33. The fourth-order valence-electron chi connectivity index (χ4n) is 1.84. The summed E-state index contributed by atoms with van der Waals surface area (Å²) in [7, 11) is 1.70. The number of nitrogens with one attached hydrogen (secondary N) is 1. The normalized spacial score (nSPS) is 11.6. The van der Waals surface area contributed by atoms with Crippen molar-refractivity contribution in [1.29, 1.82) is 5.26 Å². The van der Waals surface area contributed by atoms with Gasteiger partial charge in [-0.25, -0.2) is 0 Å². The lowest BCUT2D eigenvalue weighted by molar-refractivity contribution is -0.128. The number of carbonyl (C=O) groups excluding carboxylic acids is 1. The first-order valence-corrected chi connectivity index (χ1v) is 9.21. The molecule has 0 unspecified atom stereocenters. The maximum Gasteiger partial charge on any atom is 0.235 e. The summed E-state index contributed by atoms with van der Waals surface area (Å²) < 4.78 is 0.703. The summed E-state index contributed by atoms with van der Waals surface area (Å²) in [6, 6.07) is 9.36.